The lowest BCUT2D eigenvalue weighted by Crippen LogP contribution is -2.37. The van der Waals surface area contributed by atoms with Gasteiger partial charge in [-0.05, 0) is 25.0 Å². The maximum atomic E-state index is 11.5. The first-order chi connectivity index (χ1) is 8.66. The number of furan rings is 1. The van der Waals surface area contributed by atoms with E-state index in [2.05, 4.69) is 10.3 Å². The van der Waals surface area contributed by atoms with Crippen molar-refractivity contribution in [2.75, 3.05) is 13.6 Å². The van der Waals surface area contributed by atoms with Crippen LogP contribution in [0.1, 0.15) is 18.6 Å². The summed E-state index contributed by atoms with van der Waals surface area (Å²) in [7, 11) is 1.90. The zero-order valence-corrected chi connectivity index (χ0v) is 10.4. The Morgan fingerprint density at radius 3 is 3.06 bits per heavy atom. The predicted molar refractivity (Wildman–Crippen MR) is 67.8 cm³/mol. The Hall–Kier alpha value is -1.98. The van der Waals surface area contributed by atoms with Gasteiger partial charge in [0.2, 0.25) is 5.91 Å². The van der Waals surface area contributed by atoms with Gasteiger partial charge in [0.05, 0.1) is 12.8 Å². The number of carbonyl (C=O) groups excluding carboxylic acids is 1. The molecule has 0 aromatic carbocycles. The molecule has 1 amide bonds. The Morgan fingerprint density at radius 2 is 2.44 bits per heavy atom. The fourth-order valence-corrected chi connectivity index (χ4v) is 1.57. The molecule has 1 fully saturated rings. The van der Waals surface area contributed by atoms with Crippen molar-refractivity contribution in [3.05, 3.63) is 24.2 Å². The lowest BCUT2D eigenvalue weighted by atomic mass is 10.4. The summed E-state index contributed by atoms with van der Waals surface area (Å²) in [5.41, 5.74) is 5.77. The summed E-state index contributed by atoms with van der Waals surface area (Å²) in [6, 6.07) is 4.08. The third-order valence-corrected chi connectivity index (χ3v) is 2.88. The Balaban J connectivity index is 1.71. The minimum absolute atomic E-state index is 0.0452. The number of aliphatic imine (C=N–C) groups is 1. The molecule has 1 saturated carbocycles. The van der Waals surface area contributed by atoms with E-state index in [0.29, 0.717) is 18.5 Å². The van der Waals surface area contributed by atoms with Crippen LogP contribution >= 0.6 is 0 Å². The van der Waals surface area contributed by atoms with E-state index < -0.39 is 0 Å². The molecule has 18 heavy (non-hydrogen) atoms. The third kappa shape index (κ3) is 3.51. The van der Waals surface area contributed by atoms with Gasteiger partial charge in [-0.15, -0.1) is 0 Å². The van der Waals surface area contributed by atoms with Crippen LogP contribution in [-0.4, -0.2) is 36.4 Å². The van der Waals surface area contributed by atoms with E-state index in [1.165, 1.54) is 0 Å². The Kier molecular flexibility index (Phi) is 3.86. The summed E-state index contributed by atoms with van der Waals surface area (Å²) in [6.07, 6.45) is 3.87. The van der Waals surface area contributed by atoms with Gasteiger partial charge >= 0.3 is 0 Å². The normalized spacial score (nSPS) is 15.5. The van der Waals surface area contributed by atoms with Crippen LogP contribution in [0.4, 0.5) is 0 Å². The van der Waals surface area contributed by atoms with Crippen LogP contribution in [0, 0.1) is 0 Å². The number of nitrogens with zero attached hydrogens (tertiary/aromatic N) is 2. The molecule has 1 aliphatic carbocycles. The number of hydrogen-bond acceptors (Lipinski definition) is 3. The lowest BCUT2D eigenvalue weighted by molar-refractivity contribution is -0.119. The van der Waals surface area contributed by atoms with Gasteiger partial charge in [-0.1, -0.05) is 0 Å². The number of guanidine groups is 1. The molecule has 2 rings (SSSR count). The van der Waals surface area contributed by atoms with E-state index in [-0.39, 0.29) is 12.5 Å². The quantitative estimate of drug-likeness (QED) is 0.581. The molecular weight excluding hydrogens is 232 g/mol. The largest absolute Gasteiger partial charge is 0.467 e. The molecule has 6 heteroatoms. The van der Waals surface area contributed by atoms with Crippen molar-refractivity contribution in [3.63, 3.8) is 0 Å². The summed E-state index contributed by atoms with van der Waals surface area (Å²) < 4.78 is 5.10. The van der Waals surface area contributed by atoms with Gasteiger partial charge in [0.15, 0.2) is 5.96 Å². The van der Waals surface area contributed by atoms with E-state index in [1.54, 1.807) is 18.4 Å². The molecule has 1 aromatic rings. The Morgan fingerprint density at radius 1 is 1.67 bits per heavy atom. The maximum absolute atomic E-state index is 11.5. The first kappa shape index (κ1) is 12.5. The van der Waals surface area contributed by atoms with Crippen LogP contribution in [0.15, 0.2) is 27.8 Å². The molecule has 1 aliphatic rings. The first-order valence-electron chi connectivity index (χ1n) is 5.98. The molecular formula is C12H18N4O2. The summed E-state index contributed by atoms with van der Waals surface area (Å²) in [5.74, 6) is 0.972. The second-order valence-corrected chi connectivity index (χ2v) is 4.37. The van der Waals surface area contributed by atoms with Crippen LogP contribution in [-0.2, 0) is 11.3 Å². The Labute approximate surface area is 106 Å². The number of nitrogens with two attached hydrogens (primary N) is 1. The molecule has 0 aliphatic heterocycles. The van der Waals surface area contributed by atoms with Crippen molar-refractivity contribution < 1.29 is 9.21 Å². The number of hydrogen-bond donors (Lipinski definition) is 2. The molecule has 0 unspecified atom stereocenters. The van der Waals surface area contributed by atoms with Gasteiger partial charge < -0.3 is 20.4 Å². The minimum Gasteiger partial charge on any atom is -0.467 e. The number of carbonyl (C=O) groups is 1. The highest BCUT2D eigenvalue weighted by atomic mass is 16.3. The lowest BCUT2D eigenvalue weighted by Gasteiger charge is -2.16. The zero-order valence-electron chi connectivity index (χ0n) is 10.4. The van der Waals surface area contributed by atoms with E-state index in [0.717, 1.165) is 18.6 Å². The highest BCUT2D eigenvalue weighted by molar-refractivity contribution is 5.84. The molecule has 6 nitrogen and oxygen atoms in total. The van der Waals surface area contributed by atoms with Crippen LogP contribution in [0.5, 0.6) is 0 Å². The molecule has 0 spiro atoms. The first-order valence-corrected chi connectivity index (χ1v) is 5.98. The van der Waals surface area contributed by atoms with Crippen molar-refractivity contribution in [2.45, 2.75) is 25.4 Å². The smallest absolute Gasteiger partial charge is 0.242 e. The highest BCUT2D eigenvalue weighted by Gasteiger charge is 2.27. The second kappa shape index (κ2) is 5.57. The van der Waals surface area contributed by atoms with E-state index >= 15 is 0 Å². The van der Waals surface area contributed by atoms with Gasteiger partial charge in [-0.2, -0.15) is 0 Å². The van der Waals surface area contributed by atoms with Gasteiger partial charge in [0, 0.05) is 13.1 Å². The summed E-state index contributed by atoms with van der Waals surface area (Å²) in [6.45, 7) is 0.420. The topological polar surface area (TPSA) is 83.9 Å². The molecule has 0 atom stereocenters. The molecule has 0 saturated heterocycles. The van der Waals surface area contributed by atoms with Crippen LogP contribution in [0.25, 0.3) is 0 Å². The zero-order chi connectivity index (χ0) is 13.0. The Bertz CT molecular complexity index is 423. The fraction of sp³-hybridized carbons (Fsp3) is 0.500. The van der Waals surface area contributed by atoms with E-state index in [1.807, 2.05) is 11.9 Å². The highest BCUT2D eigenvalue weighted by Crippen LogP contribution is 2.24. The van der Waals surface area contributed by atoms with Gasteiger partial charge in [0.1, 0.15) is 12.3 Å². The third-order valence-electron chi connectivity index (χ3n) is 2.88. The number of nitrogens with one attached hydrogen (secondary N) is 1. The molecule has 1 heterocycles. The van der Waals surface area contributed by atoms with Gasteiger partial charge in [0.25, 0.3) is 0 Å². The van der Waals surface area contributed by atoms with Crippen LogP contribution in [0.3, 0.4) is 0 Å². The van der Waals surface area contributed by atoms with Crippen molar-refractivity contribution >= 4 is 11.9 Å². The molecule has 1 aromatic heterocycles. The summed E-state index contributed by atoms with van der Waals surface area (Å²) in [4.78, 5) is 17.5. The fourth-order valence-electron chi connectivity index (χ4n) is 1.57. The van der Waals surface area contributed by atoms with Gasteiger partial charge in [-0.25, -0.2) is 4.99 Å². The maximum Gasteiger partial charge on any atom is 0.242 e. The standard InChI is InChI=1S/C12H18N4O2/c1-16(9-4-5-9)12(13)15-8-11(17)14-7-10-3-2-6-18-10/h2-3,6,9H,4-5,7-8H2,1H3,(H2,13,15)(H,14,17). The van der Waals surface area contributed by atoms with E-state index in [4.69, 9.17) is 10.2 Å². The van der Waals surface area contributed by atoms with Crippen molar-refractivity contribution in [2.24, 2.45) is 10.7 Å². The van der Waals surface area contributed by atoms with Crippen molar-refractivity contribution in [1.29, 1.82) is 0 Å². The predicted octanol–water partition coefficient (Wildman–Crippen LogP) is 0.305. The minimum atomic E-state index is -0.168. The molecule has 3 N–H and O–H groups in total. The molecule has 0 radical (unpaired) electrons. The summed E-state index contributed by atoms with van der Waals surface area (Å²) in [5, 5.41) is 2.71. The average Bonchev–Trinajstić information content (AvgIpc) is 3.09. The van der Waals surface area contributed by atoms with Gasteiger partial charge in [-0.3, -0.25) is 4.79 Å². The van der Waals surface area contributed by atoms with Crippen LogP contribution in [0.2, 0.25) is 0 Å². The molecule has 98 valence electrons. The molecule has 0 bridgehead atoms. The number of amides is 1. The summed E-state index contributed by atoms with van der Waals surface area (Å²) >= 11 is 0. The average molecular weight is 250 g/mol. The van der Waals surface area contributed by atoms with Crippen molar-refractivity contribution in [1.82, 2.24) is 10.2 Å². The van der Waals surface area contributed by atoms with E-state index in [9.17, 15) is 4.79 Å². The number of rotatable bonds is 5. The SMILES string of the molecule is CN(C(N)=NCC(=O)NCc1ccco1)C1CC1. The van der Waals surface area contributed by atoms with Crippen molar-refractivity contribution in [3.8, 4) is 0 Å². The van der Waals surface area contributed by atoms with Crippen LogP contribution < -0.4 is 11.1 Å². The monoisotopic (exact) mass is 250 g/mol. The second-order valence-electron chi connectivity index (χ2n) is 4.37.